The maximum atomic E-state index is 14.9. The average molecular weight is 613 g/mol. The highest BCUT2D eigenvalue weighted by molar-refractivity contribution is 6.28. The second kappa shape index (κ2) is 11.5. The van der Waals surface area contributed by atoms with Gasteiger partial charge in [-0.1, -0.05) is 12.1 Å². The van der Waals surface area contributed by atoms with Crippen LogP contribution in [0.15, 0.2) is 53.2 Å². The predicted octanol–water partition coefficient (Wildman–Crippen LogP) is 6.81. The molecule has 2 aromatic heterocycles. The summed E-state index contributed by atoms with van der Waals surface area (Å²) in [6.45, 7) is 0.0680. The van der Waals surface area contributed by atoms with Gasteiger partial charge in [0.2, 0.25) is 17.0 Å². The summed E-state index contributed by atoms with van der Waals surface area (Å²) in [6.07, 6.45) is 8.13. The summed E-state index contributed by atoms with van der Waals surface area (Å²) < 4.78 is 60.9. The van der Waals surface area contributed by atoms with Crippen molar-refractivity contribution in [1.82, 2.24) is 20.3 Å². The van der Waals surface area contributed by atoms with Gasteiger partial charge >= 0.3 is 0 Å². The van der Waals surface area contributed by atoms with Crippen LogP contribution in [-0.2, 0) is 12.0 Å². The number of hydrogen-bond donors (Lipinski definition) is 1. The number of aromatic nitrogens is 3. The first-order valence-electron chi connectivity index (χ1n) is 13.9. The number of rotatable bonds is 9. The maximum absolute atomic E-state index is 14.9. The molecule has 3 saturated carbocycles. The molecule has 0 atom stereocenters. The molecule has 43 heavy (non-hydrogen) atoms. The molecule has 7 rings (SSSR count). The standard InChI is InChI=1S/C31H28ClF3N4O4/c1-41-19-4-2-18(3-5-19)16-42-26-21(33)14-20(24(34)25(26)35)27(40)38-17-30-7-10-31(11-8-30,12-9-30)23-15-37-28(43-23)22-6-13-36-29(32)39-22/h2-6,13-15H,7-12,16-17H2,1H3,(H,38,40)/t30-,31+. The van der Waals surface area contributed by atoms with Gasteiger partial charge in [0.25, 0.3) is 5.91 Å². The molecule has 1 amide bonds. The lowest BCUT2D eigenvalue weighted by Crippen LogP contribution is -2.49. The number of methoxy groups -OCH3 is 1. The van der Waals surface area contributed by atoms with Crippen molar-refractivity contribution in [2.45, 2.75) is 50.5 Å². The molecule has 12 heteroatoms. The third-order valence-electron chi connectivity index (χ3n) is 8.80. The Bertz CT molecular complexity index is 1640. The third-order valence-corrected chi connectivity index (χ3v) is 8.98. The average Bonchev–Trinajstić information content (AvgIpc) is 3.54. The van der Waals surface area contributed by atoms with Gasteiger partial charge in [0, 0.05) is 18.2 Å². The van der Waals surface area contributed by atoms with Crippen molar-refractivity contribution in [3.63, 3.8) is 0 Å². The van der Waals surface area contributed by atoms with E-state index in [2.05, 4.69) is 20.3 Å². The lowest BCUT2D eigenvalue weighted by atomic mass is 9.53. The van der Waals surface area contributed by atoms with Crippen molar-refractivity contribution in [2.75, 3.05) is 13.7 Å². The van der Waals surface area contributed by atoms with Gasteiger partial charge in [-0.15, -0.1) is 0 Å². The van der Waals surface area contributed by atoms with Crippen LogP contribution >= 0.6 is 11.6 Å². The van der Waals surface area contributed by atoms with Gasteiger partial charge in [-0.05, 0) is 85.4 Å². The summed E-state index contributed by atoms with van der Waals surface area (Å²) in [5.41, 5.74) is 0.0273. The Hall–Kier alpha value is -4.12. The fraction of sp³-hybridized carbons (Fsp3) is 0.355. The number of carbonyl (C=O) groups excluding carboxylic acids is 1. The minimum absolute atomic E-state index is 0.108. The first kappa shape index (κ1) is 29.0. The van der Waals surface area contributed by atoms with E-state index >= 15 is 0 Å². The number of halogens is 4. The zero-order chi connectivity index (χ0) is 30.2. The number of nitrogens with one attached hydrogen (secondary N) is 1. The SMILES string of the molecule is COc1ccc(COc2c(F)cc(C(=O)NC[C@]34CC[C@](c5cnc(-c6ccnc(Cl)n6)o5)(CC3)CC4)c(F)c2F)cc1. The number of fused-ring (bicyclic) bond motifs is 3. The van der Waals surface area contributed by atoms with Crippen LogP contribution in [0, 0.1) is 22.9 Å². The topological polar surface area (TPSA) is 99.4 Å². The van der Waals surface area contributed by atoms with E-state index in [4.69, 9.17) is 25.5 Å². The Morgan fingerprint density at radius 3 is 2.42 bits per heavy atom. The highest BCUT2D eigenvalue weighted by atomic mass is 35.5. The van der Waals surface area contributed by atoms with Gasteiger partial charge in [0.1, 0.15) is 23.8 Å². The summed E-state index contributed by atoms with van der Waals surface area (Å²) in [5.74, 6) is -4.15. The van der Waals surface area contributed by atoms with E-state index in [0.717, 1.165) is 44.3 Å². The molecule has 4 aromatic rings. The summed E-state index contributed by atoms with van der Waals surface area (Å²) in [4.78, 5) is 25.3. The molecule has 0 saturated heterocycles. The van der Waals surface area contributed by atoms with Crippen LogP contribution in [0.1, 0.15) is 60.2 Å². The molecule has 3 aliphatic rings. The van der Waals surface area contributed by atoms with E-state index in [1.165, 1.54) is 13.3 Å². The number of oxazole rings is 1. The van der Waals surface area contributed by atoms with Crippen LogP contribution in [0.5, 0.6) is 11.5 Å². The van der Waals surface area contributed by atoms with E-state index in [1.807, 2.05) is 0 Å². The van der Waals surface area contributed by atoms with Crippen molar-refractivity contribution in [3.8, 4) is 23.1 Å². The molecule has 0 unspecified atom stereocenters. The molecule has 224 valence electrons. The third kappa shape index (κ3) is 5.65. The Morgan fingerprint density at radius 1 is 1.02 bits per heavy atom. The Kier molecular flexibility index (Phi) is 7.76. The van der Waals surface area contributed by atoms with Gasteiger partial charge in [0.15, 0.2) is 17.4 Å². The quantitative estimate of drug-likeness (QED) is 0.164. The monoisotopic (exact) mass is 612 g/mol. The lowest BCUT2D eigenvalue weighted by Gasteiger charge is -2.52. The van der Waals surface area contributed by atoms with Crippen LogP contribution in [0.25, 0.3) is 11.6 Å². The maximum Gasteiger partial charge on any atom is 0.254 e. The van der Waals surface area contributed by atoms with E-state index in [9.17, 15) is 18.0 Å². The molecule has 0 radical (unpaired) electrons. The van der Waals surface area contributed by atoms with Crippen molar-refractivity contribution < 1.29 is 31.9 Å². The normalized spacial score (nSPS) is 21.0. The van der Waals surface area contributed by atoms with E-state index in [0.29, 0.717) is 29.0 Å². The second-order valence-corrected chi connectivity index (χ2v) is 11.5. The Labute approximate surface area is 250 Å². The van der Waals surface area contributed by atoms with E-state index < -0.39 is 34.7 Å². The van der Waals surface area contributed by atoms with Gasteiger partial charge in [-0.25, -0.2) is 23.7 Å². The van der Waals surface area contributed by atoms with Gasteiger partial charge in [-0.2, -0.15) is 4.39 Å². The molecule has 2 bridgehead atoms. The van der Waals surface area contributed by atoms with Crippen LogP contribution in [0.3, 0.4) is 0 Å². The molecule has 0 aliphatic heterocycles. The van der Waals surface area contributed by atoms with Crippen LogP contribution in [0.4, 0.5) is 13.2 Å². The molecule has 3 aliphatic carbocycles. The summed E-state index contributed by atoms with van der Waals surface area (Å²) in [7, 11) is 1.51. The highest BCUT2D eigenvalue weighted by Crippen LogP contribution is 2.57. The first-order chi connectivity index (χ1) is 20.7. The number of carbonyl (C=O) groups is 1. The highest BCUT2D eigenvalue weighted by Gasteiger charge is 2.51. The Balaban J connectivity index is 1.08. The lowest BCUT2D eigenvalue weighted by molar-refractivity contribution is 0.0286. The number of nitrogens with zero attached hydrogens (tertiary/aromatic N) is 3. The first-order valence-corrected chi connectivity index (χ1v) is 14.3. The van der Waals surface area contributed by atoms with Gasteiger partial charge in [-0.3, -0.25) is 4.79 Å². The number of amides is 1. The van der Waals surface area contributed by atoms with Crippen molar-refractivity contribution in [3.05, 3.63) is 88.4 Å². The Morgan fingerprint density at radius 2 is 1.74 bits per heavy atom. The van der Waals surface area contributed by atoms with Crippen molar-refractivity contribution in [2.24, 2.45) is 5.41 Å². The molecule has 2 heterocycles. The fourth-order valence-corrected chi connectivity index (χ4v) is 6.25. The van der Waals surface area contributed by atoms with Crippen molar-refractivity contribution in [1.29, 1.82) is 0 Å². The zero-order valence-corrected chi connectivity index (χ0v) is 24.0. The molecule has 1 N–H and O–H groups in total. The number of hydrogen-bond acceptors (Lipinski definition) is 7. The second-order valence-electron chi connectivity index (χ2n) is 11.2. The van der Waals surface area contributed by atoms with Crippen LogP contribution in [0.2, 0.25) is 5.28 Å². The molecule has 2 aromatic carbocycles. The summed E-state index contributed by atoms with van der Waals surface area (Å²) in [5, 5.41) is 2.83. The largest absolute Gasteiger partial charge is 0.497 e. The summed E-state index contributed by atoms with van der Waals surface area (Å²) >= 11 is 5.90. The number of benzene rings is 2. The van der Waals surface area contributed by atoms with E-state index in [-0.39, 0.29) is 29.3 Å². The summed E-state index contributed by atoms with van der Waals surface area (Å²) in [6, 6.07) is 9.00. The van der Waals surface area contributed by atoms with Gasteiger partial charge < -0.3 is 19.2 Å². The molecule has 0 spiro atoms. The molecular formula is C31H28ClF3N4O4. The van der Waals surface area contributed by atoms with Crippen LogP contribution in [-0.4, -0.2) is 34.5 Å². The molecule has 3 fully saturated rings. The van der Waals surface area contributed by atoms with Crippen LogP contribution < -0.4 is 14.8 Å². The minimum atomic E-state index is -1.55. The molecule has 8 nitrogen and oxygen atoms in total. The predicted molar refractivity (Wildman–Crippen MR) is 150 cm³/mol. The van der Waals surface area contributed by atoms with Gasteiger partial charge in [0.05, 0.1) is 18.9 Å². The fourth-order valence-electron chi connectivity index (χ4n) is 6.11. The smallest absolute Gasteiger partial charge is 0.254 e. The zero-order valence-electron chi connectivity index (χ0n) is 23.3. The van der Waals surface area contributed by atoms with Crippen molar-refractivity contribution >= 4 is 17.5 Å². The molecular weight excluding hydrogens is 585 g/mol. The number of ether oxygens (including phenoxy) is 2. The van der Waals surface area contributed by atoms with E-state index in [1.54, 1.807) is 36.5 Å². The minimum Gasteiger partial charge on any atom is -0.497 e.